The van der Waals surface area contributed by atoms with Gasteiger partial charge in [-0.25, -0.2) is 8.42 Å². The topological polar surface area (TPSA) is 84.9 Å². The number of ether oxygens (including phenoxy) is 2. The van der Waals surface area contributed by atoms with Gasteiger partial charge < -0.3 is 14.8 Å². The van der Waals surface area contributed by atoms with Crippen LogP contribution in [0.15, 0.2) is 42.5 Å². The molecule has 156 valence electrons. The molecule has 0 saturated carbocycles. The summed E-state index contributed by atoms with van der Waals surface area (Å²) in [6.45, 7) is 2.75. The molecule has 0 aliphatic carbocycles. The van der Waals surface area contributed by atoms with Crippen molar-refractivity contribution in [3.05, 3.63) is 53.1 Å². The Balaban J connectivity index is 1.71. The molecule has 0 radical (unpaired) electrons. The van der Waals surface area contributed by atoms with Crippen LogP contribution >= 0.6 is 11.6 Å². The molecule has 1 atom stereocenters. The van der Waals surface area contributed by atoms with Crippen LogP contribution in [0.5, 0.6) is 11.5 Å². The first kappa shape index (κ1) is 21.3. The normalized spacial score (nSPS) is 14.2. The molecule has 0 aromatic heterocycles. The van der Waals surface area contributed by atoms with Crippen molar-refractivity contribution in [2.24, 2.45) is 0 Å². The summed E-state index contributed by atoms with van der Waals surface area (Å²) in [7, 11) is -3.71. The molecule has 29 heavy (non-hydrogen) atoms. The van der Waals surface area contributed by atoms with Crippen molar-refractivity contribution >= 4 is 33.2 Å². The molecule has 3 rings (SSSR count). The molecule has 9 heteroatoms. The first-order valence-corrected chi connectivity index (χ1v) is 11.4. The summed E-state index contributed by atoms with van der Waals surface area (Å²) in [6, 6.07) is 11.2. The van der Waals surface area contributed by atoms with Crippen LogP contribution in [0.3, 0.4) is 0 Å². The third-order valence-electron chi connectivity index (χ3n) is 4.49. The highest BCUT2D eigenvalue weighted by atomic mass is 35.5. The average Bonchev–Trinajstić information content (AvgIpc) is 2.68. The molecule has 0 saturated heterocycles. The van der Waals surface area contributed by atoms with Gasteiger partial charge in [0.15, 0.2) is 11.5 Å². The fourth-order valence-electron chi connectivity index (χ4n) is 3.11. The Morgan fingerprint density at radius 1 is 1.14 bits per heavy atom. The van der Waals surface area contributed by atoms with Gasteiger partial charge in [-0.05, 0) is 43.2 Å². The van der Waals surface area contributed by atoms with E-state index in [9.17, 15) is 13.2 Å². The lowest BCUT2D eigenvalue weighted by Gasteiger charge is -2.29. The van der Waals surface area contributed by atoms with Gasteiger partial charge in [0.1, 0.15) is 19.3 Å². The quantitative estimate of drug-likeness (QED) is 0.718. The first-order chi connectivity index (χ1) is 13.8. The van der Waals surface area contributed by atoms with Gasteiger partial charge in [-0.15, -0.1) is 0 Å². The summed E-state index contributed by atoms with van der Waals surface area (Å²) < 4.78 is 37.0. The first-order valence-electron chi connectivity index (χ1n) is 9.17. The molecule has 1 aliphatic rings. The zero-order valence-electron chi connectivity index (χ0n) is 16.2. The molecule has 0 fully saturated rings. The average molecular weight is 439 g/mol. The third kappa shape index (κ3) is 5.33. The fraction of sp³-hybridized carbons (Fsp3) is 0.350. The largest absolute Gasteiger partial charge is 0.486 e. The van der Waals surface area contributed by atoms with Crippen molar-refractivity contribution in [3.8, 4) is 11.5 Å². The number of rotatable bonds is 7. The zero-order valence-corrected chi connectivity index (χ0v) is 17.8. The number of amides is 1. The number of nitrogens with zero attached hydrogens (tertiary/aromatic N) is 1. The third-order valence-corrected chi connectivity index (χ3v) is 5.99. The molecule has 1 N–H and O–H groups in total. The summed E-state index contributed by atoms with van der Waals surface area (Å²) in [5.74, 6) is 0.616. The highest BCUT2D eigenvalue weighted by Gasteiger charge is 2.30. The van der Waals surface area contributed by atoms with E-state index in [1.165, 1.54) is 0 Å². The monoisotopic (exact) mass is 438 g/mol. The predicted molar refractivity (Wildman–Crippen MR) is 112 cm³/mol. The Morgan fingerprint density at radius 3 is 2.45 bits per heavy atom. The molecule has 1 aliphatic heterocycles. The van der Waals surface area contributed by atoms with Gasteiger partial charge in [0.2, 0.25) is 15.9 Å². The summed E-state index contributed by atoms with van der Waals surface area (Å²) >= 11 is 5.87. The van der Waals surface area contributed by atoms with Gasteiger partial charge in [0, 0.05) is 17.6 Å². The molecule has 0 spiro atoms. The van der Waals surface area contributed by atoms with Crippen LogP contribution in [-0.2, 0) is 21.2 Å². The number of sulfonamides is 1. The van der Waals surface area contributed by atoms with E-state index in [1.54, 1.807) is 37.3 Å². The number of nitrogens with one attached hydrogen (secondary N) is 1. The van der Waals surface area contributed by atoms with Crippen molar-refractivity contribution in [2.45, 2.75) is 19.4 Å². The van der Waals surface area contributed by atoms with Gasteiger partial charge in [0.25, 0.3) is 0 Å². The molecular formula is C20H23ClN2O5S. The van der Waals surface area contributed by atoms with E-state index in [1.807, 2.05) is 12.1 Å². The second-order valence-corrected chi connectivity index (χ2v) is 9.03. The minimum atomic E-state index is -3.71. The standard InChI is InChI=1S/C20H23ClN2O5S/c1-14(20(24)22-10-9-15-3-5-16(21)6-4-15)23(29(2,25)26)17-7-8-18-19(13-17)28-12-11-27-18/h3-8,13-14H,9-12H2,1-2H3,(H,22,24)/t14-/m1/s1. The van der Waals surface area contributed by atoms with E-state index < -0.39 is 16.1 Å². The van der Waals surface area contributed by atoms with Gasteiger partial charge in [-0.3, -0.25) is 9.10 Å². The van der Waals surface area contributed by atoms with Gasteiger partial charge in [0.05, 0.1) is 11.9 Å². The minimum Gasteiger partial charge on any atom is -0.486 e. The van der Waals surface area contributed by atoms with Crippen molar-refractivity contribution < 1.29 is 22.7 Å². The summed E-state index contributed by atoms with van der Waals surface area (Å²) in [5.41, 5.74) is 1.37. The van der Waals surface area contributed by atoms with Crippen LogP contribution in [0.1, 0.15) is 12.5 Å². The van der Waals surface area contributed by atoms with Crippen LogP contribution in [-0.4, -0.2) is 46.4 Å². The minimum absolute atomic E-state index is 0.345. The number of halogens is 1. The Bertz CT molecular complexity index is 979. The van der Waals surface area contributed by atoms with Crippen LogP contribution in [0, 0.1) is 0 Å². The van der Waals surface area contributed by atoms with E-state index in [0.717, 1.165) is 16.1 Å². The second-order valence-electron chi connectivity index (χ2n) is 6.73. The smallest absolute Gasteiger partial charge is 0.243 e. The maximum atomic E-state index is 12.6. The highest BCUT2D eigenvalue weighted by molar-refractivity contribution is 7.92. The summed E-state index contributed by atoms with van der Waals surface area (Å²) in [5, 5.41) is 3.44. The predicted octanol–water partition coefficient (Wildman–Crippen LogP) is 2.62. The molecular weight excluding hydrogens is 416 g/mol. The number of benzene rings is 2. The Labute approximate surface area is 175 Å². The Kier molecular flexibility index (Phi) is 6.54. The van der Waals surface area contributed by atoms with Crippen LogP contribution in [0.4, 0.5) is 5.69 Å². The van der Waals surface area contributed by atoms with Crippen molar-refractivity contribution in [1.82, 2.24) is 5.32 Å². The van der Waals surface area contributed by atoms with Crippen molar-refractivity contribution in [2.75, 3.05) is 30.3 Å². The number of hydrogen-bond donors (Lipinski definition) is 1. The molecule has 2 aromatic carbocycles. The molecule has 1 heterocycles. The van der Waals surface area contributed by atoms with Crippen LogP contribution in [0.25, 0.3) is 0 Å². The molecule has 1 amide bonds. The summed E-state index contributed by atoms with van der Waals surface area (Å²) in [4.78, 5) is 12.6. The number of fused-ring (bicyclic) bond motifs is 1. The number of anilines is 1. The van der Waals surface area contributed by atoms with E-state index >= 15 is 0 Å². The highest BCUT2D eigenvalue weighted by Crippen LogP contribution is 2.35. The molecule has 0 unspecified atom stereocenters. The van der Waals surface area contributed by atoms with Crippen molar-refractivity contribution in [1.29, 1.82) is 0 Å². The van der Waals surface area contributed by atoms with E-state index in [4.69, 9.17) is 21.1 Å². The maximum Gasteiger partial charge on any atom is 0.243 e. The Morgan fingerprint density at radius 2 is 1.79 bits per heavy atom. The Hall–Kier alpha value is -2.45. The lowest BCUT2D eigenvalue weighted by molar-refractivity contribution is -0.121. The van der Waals surface area contributed by atoms with Gasteiger partial charge >= 0.3 is 0 Å². The van der Waals surface area contributed by atoms with Gasteiger partial charge in [-0.2, -0.15) is 0 Å². The fourth-order valence-corrected chi connectivity index (χ4v) is 4.40. The maximum absolute atomic E-state index is 12.6. The lowest BCUT2D eigenvalue weighted by atomic mass is 10.1. The molecule has 2 aromatic rings. The van der Waals surface area contributed by atoms with Crippen LogP contribution in [0.2, 0.25) is 5.02 Å². The SMILES string of the molecule is C[C@H](C(=O)NCCc1ccc(Cl)cc1)N(c1ccc2c(c1)OCCO2)S(C)(=O)=O. The molecule has 7 nitrogen and oxygen atoms in total. The van der Waals surface area contributed by atoms with E-state index in [-0.39, 0.29) is 5.91 Å². The molecule has 0 bridgehead atoms. The number of carbonyl (C=O) groups is 1. The number of carbonyl (C=O) groups excluding carboxylic acids is 1. The van der Waals surface area contributed by atoms with E-state index in [2.05, 4.69) is 5.32 Å². The second kappa shape index (κ2) is 8.92. The summed E-state index contributed by atoms with van der Waals surface area (Å²) in [6.07, 6.45) is 1.68. The van der Waals surface area contributed by atoms with Crippen LogP contribution < -0.4 is 19.1 Å². The van der Waals surface area contributed by atoms with Crippen molar-refractivity contribution in [3.63, 3.8) is 0 Å². The zero-order chi connectivity index (χ0) is 21.0. The number of hydrogen-bond acceptors (Lipinski definition) is 5. The van der Waals surface area contributed by atoms with E-state index in [0.29, 0.717) is 48.4 Å². The van der Waals surface area contributed by atoms with Gasteiger partial charge in [-0.1, -0.05) is 23.7 Å². The lowest BCUT2D eigenvalue weighted by Crippen LogP contribution is -2.48.